The Bertz CT molecular complexity index is 421. The normalized spacial score (nSPS) is 19.2. The van der Waals surface area contributed by atoms with Crippen molar-refractivity contribution in [1.29, 1.82) is 0 Å². The molecule has 6 heteroatoms. The van der Waals surface area contributed by atoms with Crippen LogP contribution in [0.5, 0.6) is 0 Å². The molecule has 0 N–H and O–H groups in total. The summed E-state index contributed by atoms with van der Waals surface area (Å²) in [4.78, 5) is 2.15. The van der Waals surface area contributed by atoms with Gasteiger partial charge in [-0.05, 0) is 38.0 Å². The van der Waals surface area contributed by atoms with E-state index >= 15 is 0 Å². The van der Waals surface area contributed by atoms with Crippen molar-refractivity contribution >= 4 is 7.60 Å². The maximum absolute atomic E-state index is 13.4. The molecule has 0 aliphatic carbocycles. The van der Waals surface area contributed by atoms with Gasteiger partial charge in [-0.25, -0.2) is 0 Å². The number of hydrogen-bond acceptors (Lipinski definition) is 5. The standard InChI is InChI=1S/C18H36NO4P/c1-7-11-19-12-17(9-10-18(19)21-8-2)24(20,22-13-15(3)4)23-14-16(5)6/h12,15-16,18H,7-11,13-14H2,1-6H3. The maximum Gasteiger partial charge on any atom is 0.358 e. The van der Waals surface area contributed by atoms with Crippen LogP contribution in [-0.4, -0.2) is 37.5 Å². The SMILES string of the molecule is CCCN1C=C(P(=O)(OCC(C)C)OCC(C)C)CCC1OCC. The van der Waals surface area contributed by atoms with Gasteiger partial charge in [0, 0.05) is 19.4 Å². The molecule has 1 rings (SSSR count). The van der Waals surface area contributed by atoms with E-state index in [1.807, 2.05) is 13.1 Å². The molecule has 0 bridgehead atoms. The zero-order chi connectivity index (χ0) is 18.2. The first-order chi connectivity index (χ1) is 11.3. The lowest BCUT2D eigenvalue weighted by Gasteiger charge is -2.36. The van der Waals surface area contributed by atoms with Gasteiger partial charge in [0.25, 0.3) is 0 Å². The molecular formula is C18H36NO4P. The number of rotatable bonds is 11. The van der Waals surface area contributed by atoms with E-state index < -0.39 is 7.60 Å². The number of ether oxygens (including phenoxy) is 1. The summed E-state index contributed by atoms with van der Waals surface area (Å²) >= 11 is 0. The predicted octanol–water partition coefficient (Wildman–Crippen LogP) is 5.23. The molecule has 1 aliphatic rings. The van der Waals surface area contributed by atoms with Crippen molar-refractivity contribution < 1.29 is 18.3 Å². The molecule has 0 spiro atoms. The van der Waals surface area contributed by atoms with Gasteiger partial charge in [0.2, 0.25) is 0 Å². The summed E-state index contributed by atoms with van der Waals surface area (Å²) in [5.41, 5.74) is 0. The fourth-order valence-electron chi connectivity index (χ4n) is 2.52. The molecule has 1 atom stereocenters. The molecule has 0 aromatic heterocycles. The minimum absolute atomic E-state index is 0.0577. The van der Waals surface area contributed by atoms with Crippen LogP contribution in [0.3, 0.4) is 0 Å². The molecule has 0 aromatic rings. The second-order valence-electron chi connectivity index (χ2n) is 7.18. The Balaban J connectivity index is 2.97. The van der Waals surface area contributed by atoms with E-state index in [1.54, 1.807) is 0 Å². The van der Waals surface area contributed by atoms with Gasteiger partial charge in [0.1, 0.15) is 6.23 Å². The fraction of sp³-hybridized carbons (Fsp3) is 0.889. The van der Waals surface area contributed by atoms with Crippen LogP contribution >= 0.6 is 7.60 Å². The molecular weight excluding hydrogens is 325 g/mol. The molecule has 0 saturated carbocycles. The van der Waals surface area contributed by atoms with Gasteiger partial charge in [-0.1, -0.05) is 34.6 Å². The van der Waals surface area contributed by atoms with E-state index in [0.717, 1.165) is 24.7 Å². The molecule has 5 nitrogen and oxygen atoms in total. The summed E-state index contributed by atoms with van der Waals surface area (Å²) in [6.45, 7) is 14.8. The van der Waals surface area contributed by atoms with Gasteiger partial charge < -0.3 is 18.7 Å². The van der Waals surface area contributed by atoms with Crippen molar-refractivity contribution in [2.45, 2.75) is 67.0 Å². The van der Waals surface area contributed by atoms with E-state index in [1.165, 1.54) is 0 Å². The molecule has 1 heterocycles. The van der Waals surface area contributed by atoms with Crippen LogP contribution in [-0.2, 0) is 18.3 Å². The largest absolute Gasteiger partial charge is 0.359 e. The Morgan fingerprint density at radius 1 is 1.17 bits per heavy atom. The van der Waals surface area contributed by atoms with Gasteiger partial charge >= 0.3 is 7.60 Å². The Labute approximate surface area is 148 Å². The number of nitrogens with zero attached hydrogens (tertiary/aromatic N) is 1. The molecule has 0 aromatic carbocycles. The second-order valence-corrected chi connectivity index (χ2v) is 9.27. The van der Waals surface area contributed by atoms with Crippen LogP contribution in [0.1, 0.15) is 60.8 Å². The summed E-state index contributed by atoms with van der Waals surface area (Å²) < 4.78 is 30.8. The Morgan fingerprint density at radius 3 is 2.21 bits per heavy atom. The highest BCUT2D eigenvalue weighted by molar-refractivity contribution is 7.58. The third kappa shape index (κ3) is 6.87. The summed E-state index contributed by atoms with van der Waals surface area (Å²) in [5, 5.41) is 0.785. The first-order valence-corrected chi connectivity index (χ1v) is 10.8. The van der Waals surface area contributed by atoms with Crippen LogP contribution < -0.4 is 0 Å². The molecule has 1 aliphatic heterocycles. The van der Waals surface area contributed by atoms with E-state index in [9.17, 15) is 4.57 Å². The van der Waals surface area contributed by atoms with Gasteiger partial charge in [0.05, 0.1) is 18.5 Å². The smallest absolute Gasteiger partial charge is 0.358 e. The molecule has 24 heavy (non-hydrogen) atoms. The molecule has 0 amide bonds. The van der Waals surface area contributed by atoms with Crippen molar-refractivity contribution in [3.05, 3.63) is 11.5 Å². The lowest BCUT2D eigenvalue weighted by atomic mass is 10.2. The highest BCUT2D eigenvalue weighted by Gasteiger charge is 2.35. The van der Waals surface area contributed by atoms with E-state index in [2.05, 4.69) is 39.5 Å². The quantitative estimate of drug-likeness (QED) is 0.471. The number of allylic oxidation sites excluding steroid dienone is 1. The van der Waals surface area contributed by atoms with Crippen LogP contribution in [0.4, 0.5) is 0 Å². The highest BCUT2D eigenvalue weighted by atomic mass is 31.2. The lowest BCUT2D eigenvalue weighted by Crippen LogP contribution is -2.37. The van der Waals surface area contributed by atoms with Crippen molar-refractivity contribution in [1.82, 2.24) is 4.90 Å². The minimum Gasteiger partial charge on any atom is -0.359 e. The monoisotopic (exact) mass is 361 g/mol. The molecule has 142 valence electrons. The van der Waals surface area contributed by atoms with Crippen molar-refractivity contribution in [2.24, 2.45) is 11.8 Å². The predicted molar refractivity (Wildman–Crippen MR) is 98.9 cm³/mol. The maximum atomic E-state index is 13.4. The van der Waals surface area contributed by atoms with Crippen LogP contribution in [0.2, 0.25) is 0 Å². The van der Waals surface area contributed by atoms with E-state index in [-0.39, 0.29) is 6.23 Å². The zero-order valence-electron chi connectivity index (χ0n) is 16.3. The molecule has 0 fully saturated rings. The van der Waals surface area contributed by atoms with E-state index in [0.29, 0.717) is 38.1 Å². The van der Waals surface area contributed by atoms with Gasteiger partial charge in [-0.3, -0.25) is 4.57 Å². The molecule has 0 radical (unpaired) electrons. The van der Waals surface area contributed by atoms with Crippen LogP contribution in [0, 0.1) is 11.8 Å². The van der Waals surface area contributed by atoms with Gasteiger partial charge in [-0.15, -0.1) is 0 Å². The molecule has 1 unspecified atom stereocenters. The first kappa shape index (κ1) is 21.7. The third-order valence-electron chi connectivity index (χ3n) is 3.68. The fourth-order valence-corrected chi connectivity index (χ4v) is 4.61. The molecule has 0 saturated heterocycles. The number of hydrogen-bond donors (Lipinski definition) is 0. The topological polar surface area (TPSA) is 48.0 Å². The van der Waals surface area contributed by atoms with Crippen molar-refractivity contribution in [2.75, 3.05) is 26.4 Å². The Morgan fingerprint density at radius 2 is 1.75 bits per heavy atom. The van der Waals surface area contributed by atoms with Crippen LogP contribution in [0.15, 0.2) is 11.5 Å². The second kappa shape index (κ2) is 10.6. The van der Waals surface area contributed by atoms with E-state index in [4.69, 9.17) is 13.8 Å². The average molecular weight is 361 g/mol. The summed E-state index contributed by atoms with van der Waals surface area (Å²) in [6, 6.07) is 0. The zero-order valence-corrected chi connectivity index (χ0v) is 17.2. The minimum atomic E-state index is -3.25. The highest BCUT2D eigenvalue weighted by Crippen LogP contribution is 2.59. The van der Waals surface area contributed by atoms with Crippen molar-refractivity contribution in [3.8, 4) is 0 Å². The van der Waals surface area contributed by atoms with Gasteiger partial charge in [-0.2, -0.15) is 0 Å². The van der Waals surface area contributed by atoms with Crippen molar-refractivity contribution in [3.63, 3.8) is 0 Å². The Hall–Kier alpha value is -0.350. The van der Waals surface area contributed by atoms with Gasteiger partial charge in [0.15, 0.2) is 0 Å². The summed E-state index contributed by atoms with van der Waals surface area (Å²) in [7, 11) is -3.25. The summed E-state index contributed by atoms with van der Waals surface area (Å²) in [5.74, 6) is 0.626. The lowest BCUT2D eigenvalue weighted by molar-refractivity contribution is -0.0410. The Kier molecular flexibility index (Phi) is 9.58. The summed E-state index contributed by atoms with van der Waals surface area (Å²) in [6.07, 6.45) is 4.55. The third-order valence-corrected chi connectivity index (χ3v) is 5.70. The average Bonchev–Trinajstić information content (AvgIpc) is 2.53. The van der Waals surface area contributed by atoms with Crippen LogP contribution in [0.25, 0.3) is 0 Å². The first-order valence-electron chi connectivity index (χ1n) is 9.30.